The molecule has 0 spiro atoms. The minimum absolute atomic E-state index is 0.602. The molecule has 3 nitrogen and oxygen atoms in total. The van der Waals surface area contributed by atoms with Gasteiger partial charge >= 0.3 is 0 Å². The third-order valence-corrected chi connectivity index (χ3v) is 3.64. The van der Waals surface area contributed by atoms with E-state index in [4.69, 9.17) is 0 Å². The van der Waals surface area contributed by atoms with Crippen molar-refractivity contribution in [3.63, 3.8) is 0 Å². The fourth-order valence-corrected chi connectivity index (χ4v) is 2.34. The Morgan fingerprint density at radius 3 is 2.61 bits per heavy atom. The lowest BCUT2D eigenvalue weighted by atomic mass is 10.1. The first kappa shape index (κ1) is 13.2. The zero-order valence-electron chi connectivity index (χ0n) is 10.7. The van der Waals surface area contributed by atoms with Gasteiger partial charge in [0.1, 0.15) is 6.10 Å². The van der Waals surface area contributed by atoms with E-state index in [-0.39, 0.29) is 0 Å². The molecule has 0 bridgehead atoms. The van der Waals surface area contributed by atoms with Gasteiger partial charge in [-0.1, -0.05) is 19.1 Å². The Hall–Kier alpha value is -1.26. The van der Waals surface area contributed by atoms with Crippen molar-refractivity contribution in [1.82, 2.24) is 9.78 Å². The molecule has 1 heterocycles. The molecule has 0 amide bonds. The molecule has 2 aromatic rings. The average molecular weight is 262 g/mol. The van der Waals surface area contributed by atoms with Crippen molar-refractivity contribution in [3.8, 4) is 0 Å². The van der Waals surface area contributed by atoms with Crippen molar-refractivity contribution >= 4 is 11.8 Å². The molecule has 0 aliphatic rings. The van der Waals surface area contributed by atoms with Crippen LogP contribution in [0.2, 0.25) is 0 Å². The first-order valence-corrected chi connectivity index (χ1v) is 7.32. The maximum atomic E-state index is 10.4. The second-order valence-electron chi connectivity index (χ2n) is 4.15. The van der Waals surface area contributed by atoms with Crippen molar-refractivity contribution in [1.29, 1.82) is 0 Å². The van der Waals surface area contributed by atoms with Gasteiger partial charge in [0.2, 0.25) is 0 Å². The summed E-state index contributed by atoms with van der Waals surface area (Å²) in [5.74, 6) is 0. The number of hydrogen-bond donors (Lipinski definition) is 1. The zero-order valence-corrected chi connectivity index (χ0v) is 11.5. The van der Waals surface area contributed by atoms with Crippen LogP contribution >= 0.6 is 11.8 Å². The predicted molar refractivity (Wildman–Crippen MR) is 74.8 cm³/mol. The van der Waals surface area contributed by atoms with Crippen LogP contribution in [-0.4, -0.2) is 21.1 Å². The highest BCUT2D eigenvalue weighted by molar-refractivity contribution is 7.98. The SMILES string of the molecule is CCCn1nccc1C(O)c1ccc(SC)cc1. The molecule has 18 heavy (non-hydrogen) atoms. The average Bonchev–Trinajstić information content (AvgIpc) is 2.87. The van der Waals surface area contributed by atoms with E-state index in [2.05, 4.69) is 12.0 Å². The number of aliphatic hydroxyl groups is 1. The van der Waals surface area contributed by atoms with E-state index in [1.54, 1.807) is 18.0 Å². The van der Waals surface area contributed by atoms with Gasteiger partial charge in [0, 0.05) is 17.6 Å². The standard InChI is InChI=1S/C14H18N2OS/c1-3-10-16-13(8-9-15-16)14(17)11-4-6-12(18-2)7-5-11/h4-9,14,17H,3,10H2,1-2H3. The van der Waals surface area contributed by atoms with Gasteiger partial charge < -0.3 is 5.11 Å². The van der Waals surface area contributed by atoms with Crippen molar-refractivity contribution < 1.29 is 5.11 Å². The largest absolute Gasteiger partial charge is 0.382 e. The van der Waals surface area contributed by atoms with E-state index in [9.17, 15) is 5.11 Å². The van der Waals surface area contributed by atoms with Crippen molar-refractivity contribution in [2.75, 3.05) is 6.26 Å². The van der Waals surface area contributed by atoms with Gasteiger partial charge in [-0.15, -0.1) is 11.8 Å². The minimum atomic E-state index is -0.602. The van der Waals surface area contributed by atoms with Crippen LogP contribution in [0.3, 0.4) is 0 Å². The molecular weight excluding hydrogens is 244 g/mol. The lowest BCUT2D eigenvalue weighted by molar-refractivity contribution is 0.207. The van der Waals surface area contributed by atoms with Crippen molar-refractivity contribution in [2.24, 2.45) is 0 Å². The molecule has 0 fully saturated rings. The Balaban J connectivity index is 2.23. The summed E-state index contributed by atoms with van der Waals surface area (Å²) in [5, 5.41) is 14.6. The van der Waals surface area contributed by atoms with Gasteiger partial charge in [-0.05, 0) is 36.4 Å². The fourth-order valence-electron chi connectivity index (χ4n) is 1.93. The van der Waals surface area contributed by atoms with E-state index in [0.29, 0.717) is 0 Å². The van der Waals surface area contributed by atoms with Crippen LogP contribution < -0.4 is 0 Å². The third-order valence-electron chi connectivity index (χ3n) is 2.90. The summed E-state index contributed by atoms with van der Waals surface area (Å²) in [4.78, 5) is 1.20. The molecular formula is C14H18N2OS. The van der Waals surface area contributed by atoms with Crippen LogP contribution in [0, 0.1) is 0 Å². The highest BCUT2D eigenvalue weighted by Crippen LogP contribution is 2.24. The van der Waals surface area contributed by atoms with E-state index in [0.717, 1.165) is 24.2 Å². The van der Waals surface area contributed by atoms with Gasteiger partial charge in [-0.3, -0.25) is 4.68 Å². The summed E-state index contributed by atoms with van der Waals surface area (Å²) in [6.07, 6.45) is 4.19. The molecule has 0 radical (unpaired) electrons. The maximum Gasteiger partial charge on any atom is 0.121 e. The first-order chi connectivity index (χ1) is 8.76. The lowest BCUT2D eigenvalue weighted by Gasteiger charge is -2.13. The van der Waals surface area contributed by atoms with Crippen LogP contribution in [0.25, 0.3) is 0 Å². The molecule has 4 heteroatoms. The Bertz CT molecular complexity index is 493. The summed E-state index contributed by atoms with van der Waals surface area (Å²) in [6.45, 7) is 2.94. The number of rotatable bonds is 5. The molecule has 0 aliphatic carbocycles. The van der Waals surface area contributed by atoms with E-state index >= 15 is 0 Å². The number of nitrogens with zero attached hydrogens (tertiary/aromatic N) is 2. The van der Waals surface area contributed by atoms with Gasteiger partial charge in [-0.25, -0.2) is 0 Å². The number of thioether (sulfide) groups is 1. The summed E-state index contributed by atoms with van der Waals surface area (Å²) in [6, 6.07) is 9.88. The highest BCUT2D eigenvalue weighted by atomic mass is 32.2. The minimum Gasteiger partial charge on any atom is -0.382 e. The van der Waals surface area contributed by atoms with Gasteiger partial charge in [0.05, 0.1) is 5.69 Å². The van der Waals surface area contributed by atoms with Crippen molar-refractivity contribution in [2.45, 2.75) is 30.9 Å². The van der Waals surface area contributed by atoms with E-state index in [1.807, 2.05) is 41.3 Å². The molecule has 0 aliphatic heterocycles. The number of hydrogen-bond acceptors (Lipinski definition) is 3. The normalized spacial score (nSPS) is 12.6. The number of aryl methyl sites for hydroxylation is 1. The number of aromatic nitrogens is 2. The molecule has 96 valence electrons. The Kier molecular flexibility index (Phi) is 4.44. The summed E-state index contributed by atoms with van der Waals surface area (Å²) in [5.41, 5.74) is 1.76. The zero-order chi connectivity index (χ0) is 13.0. The molecule has 1 aromatic heterocycles. The monoisotopic (exact) mass is 262 g/mol. The van der Waals surface area contributed by atoms with Crippen LogP contribution in [0.4, 0.5) is 0 Å². The highest BCUT2D eigenvalue weighted by Gasteiger charge is 2.14. The molecule has 2 rings (SSSR count). The quantitative estimate of drug-likeness (QED) is 0.841. The smallest absolute Gasteiger partial charge is 0.121 e. The van der Waals surface area contributed by atoms with Crippen molar-refractivity contribution in [3.05, 3.63) is 47.8 Å². The molecule has 1 N–H and O–H groups in total. The maximum absolute atomic E-state index is 10.4. The summed E-state index contributed by atoms with van der Waals surface area (Å²) < 4.78 is 1.87. The number of aliphatic hydroxyl groups excluding tert-OH is 1. The molecule has 1 aromatic carbocycles. The topological polar surface area (TPSA) is 38.0 Å². The summed E-state index contributed by atoms with van der Waals surface area (Å²) >= 11 is 1.70. The number of benzene rings is 1. The molecule has 0 saturated carbocycles. The first-order valence-electron chi connectivity index (χ1n) is 6.10. The molecule has 1 atom stereocenters. The Morgan fingerprint density at radius 2 is 2.00 bits per heavy atom. The fraction of sp³-hybridized carbons (Fsp3) is 0.357. The predicted octanol–water partition coefficient (Wildman–Crippen LogP) is 3.10. The van der Waals surface area contributed by atoms with Crippen LogP contribution in [0.1, 0.15) is 30.7 Å². The van der Waals surface area contributed by atoms with Gasteiger partial charge in [0.25, 0.3) is 0 Å². The molecule has 0 saturated heterocycles. The van der Waals surface area contributed by atoms with Crippen LogP contribution in [0.5, 0.6) is 0 Å². The summed E-state index contributed by atoms with van der Waals surface area (Å²) in [7, 11) is 0. The van der Waals surface area contributed by atoms with Gasteiger partial charge in [-0.2, -0.15) is 5.10 Å². The second kappa shape index (κ2) is 6.07. The Morgan fingerprint density at radius 1 is 1.28 bits per heavy atom. The second-order valence-corrected chi connectivity index (χ2v) is 5.03. The Labute approximate surface area is 112 Å². The van der Waals surface area contributed by atoms with Gasteiger partial charge in [0.15, 0.2) is 0 Å². The molecule has 1 unspecified atom stereocenters. The lowest BCUT2D eigenvalue weighted by Crippen LogP contribution is -2.10. The van der Waals surface area contributed by atoms with Crippen LogP contribution in [-0.2, 0) is 6.54 Å². The van der Waals surface area contributed by atoms with Crippen LogP contribution in [0.15, 0.2) is 41.4 Å². The van der Waals surface area contributed by atoms with E-state index in [1.165, 1.54) is 4.90 Å². The van der Waals surface area contributed by atoms with E-state index < -0.39 is 6.10 Å². The third kappa shape index (κ3) is 2.76.